The van der Waals surface area contributed by atoms with Crippen molar-refractivity contribution in [2.24, 2.45) is 7.05 Å². The van der Waals surface area contributed by atoms with Gasteiger partial charge in [-0.2, -0.15) is 0 Å². The molecule has 4 rings (SSSR count). The normalized spacial score (nSPS) is 11.2. The molecule has 0 fully saturated rings. The van der Waals surface area contributed by atoms with E-state index in [0.29, 0.717) is 29.1 Å². The van der Waals surface area contributed by atoms with Gasteiger partial charge in [0.25, 0.3) is 0 Å². The van der Waals surface area contributed by atoms with E-state index >= 15 is 0 Å². The highest BCUT2D eigenvalue weighted by Crippen LogP contribution is 2.38. The van der Waals surface area contributed by atoms with Gasteiger partial charge in [-0.1, -0.05) is 6.58 Å². The number of fused-ring (bicyclic) bond motifs is 1. The first-order valence-corrected chi connectivity index (χ1v) is 12.8. The molecule has 204 valence electrons. The zero-order valence-electron chi connectivity index (χ0n) is 23.4. The number of anilines is 4. The van der Waals surface area contributed by atoms with Crippen LogP contribution in [0.25, 0.3) is 22.3 Å². The van der Waals surface area contributed by atoms with Crippen molar-refractivity contribution in [2.45, 2.75) is 19.9 Å². The van der Waals surface area contributed by atoms with Crippen LogP contribution in [0.15, 0.2) is 61.6 Å². The fraction of sp³-hybridized carbons (Fsp3) is 0.310. The summed E-state index contributed by atoms with van der Waals surface area (Å²) >= 11 is 0. The van der Waals surface area contributed by atoms with Gasteiger partial charge >= 0.3 is 0 Å². The molecule has 0 aliphatic carbocycles. The zero-order valence-corrected chi connectivity index (χ0v) is 23.4. The first-order valence-electron chi connectivity index (χ1n) is 12.8. The van der Waals surface area contributed by atoms with E-state index in [1.807, 2.05) is 49.1 Å². The van der Waals surface area contributed by atoms with Crippen molar-refractivity contribution in [1.82, 2.24) is 24.4 Å². The maximum absolute atomic E-state index is 12.3. The summed E-state index contributed by atoms with van der Waals surface area (Å²) in [4.78, 5) is 30.3. The average molecular weight is 529 g/mol. The first-order chi connectivity index (χ1) is 18.7. The number of pyridine rings is 1. The van der Waals surface area contributed by atoms with Crippen molar-refractivity contribution < 1.29 is 9.53 Å². The van der Waals surface area contributed by atoms with Crippen LogP contribution >= 0.6 is 0 Å². The molecule has 10 nitrogen and oxygen atoms in total. The second kappa shape index (κ2) is 12.0. The Kier molecular flexibility index (Phi) is 8.46. The summed E-state index contributed by atoms with van der Waals surface area (Å²) in [6.07, 6.45) is 6.73. The number of hydrogen-bond acceptors (Lipinski definition) is 8. The predicted octanol–water partition coefficient (Wildman–Crippen LogP) is 4.68. The van der Waals surface area contributed by atoms with E-state index in [4.69, 9.17) is 9.72 Å². The molecule has 1 aromatic carbocycles. The van der Waals surface area contributed by atoms with Crippen molar-refractivity contribution in [1.29, 1.82) is 0 Å². The molecule has 2 N–H and O–H groups in total. The van der Waals surface area contributed by atoms with Gasteiger partial charge in [-0.25, -0.2) is 15.0 Å². The van der Waals surface area contributed by atoms with Gasteiger partial charge in [0.15, 0.2) is 0 Å². The number of ether oxygens (including phenoxy) is 1. The van der Waals surface area contributed by atoms with E-state index in [0.717, 1.165) is 41.1 Å². The Morgan fingerprint density at radius 3 is 2.67 bits per heavy atom. The number of benzene rings is 1. The van der Waals surface area contributed by atoms with Crippen molar-refractivity contribution in [2.75, 3.05) is 49.8 Å². The number of rotatable bonds is 11. The van der Waals surface area contributed by atoms with E-state index in [9.17, 15) is 4.79 Å². The molecule has 3 aromatic heterocycles. The predicted molar refractivity (Wildman–Crippen MR) is 158 cm³/mol. The number of carbonyl (C=O) groups excluding carboxylic acids is 1. The number of amides is 1. The highest BCUT2D eigenvalue weighted by Gasteiger charge is 2.17. The van der Waals surface area contributed by atoms with Gasteiger partial charge in [0.05, 0.1) is 29.9 Å². The molecule has 0 aliphatic rings. The lowest BCUT2D eigenvalue weighted by Crippen LogP contribution is -2.35. The van der Waals surface area contributed by atoms with Gasteiger partial charge in [-0.3, -0.25) is 4.79 Å². The largest absolute Gasteiger partial charge is 0.494 e. The molecular weight excluding hydrogens is 492 g/mol. The highest BCUT2D eigenvalue weighted by molar-refractivity contribution is 6.02. The third-order valence-corrected chi connectivity index (χ3v) is 6.75. The topological polar surface area (TPSA) is 100 Å². The van der Waals surface area contributed by atoms with Crippen LogP contribution in [0, 0.1) is 0 Å². The molecule has 0 atom stereocenters. The molecule has 39 heavy (non-hydrogen) atoms. The third-order valence-electron chi connectivity index (χ3n) is 6.75. The van der Waals surface area contributed by atoms with Crippen molar-refractivity contribution >= 4 is 40.0 Å². The number of carbonyl (C=O) groups is 1. The summed E-state index contributed by atoms with van der Waals surface area (Å²) in [6, 6.07) is 10.1. The minimum atomic E-state index is -0.304. The average Bonchev–Trinajstić information content (AvgIpc) is 3.31. The van der Waals surface area contributed by atoms with Gasteiger partial charge < -0.3 is 29.7 Å². The summed E-state index contributed by atoms with van der Waals surface area (Å²) in [5, 5.41) is 7.22. The smallest absolute Gasteiger partial charge is 0.247 e. The zero-order chi connectivity index (χ0) is 28.1. The number of aryl methyl sites for hydroxylation is 1. The van der Waals surface area contributed by atoms with E-state index in [2.05, 4.69) is 63.9 Å². The van der Waals surface area contributed by atoms with Gasteiger partial charge in [0.1, 0.15) is 11.4 Å². The van der Waals surface area contributed by atoms with Crippen molar-refractivity contribution in [3.05, 3.63) is 61.6 Å². The standard InChI is InChI=1S/C29H36N8O2/c1-8-27(38)32-23-16-24(26(39-7)17-25(23)36(5)14-13-35(4)19(2)3)34-29-30-11-9-22(33-29)21-15-20-10-12-37(6)28(20)31-18-21/h8-12,15-19H,1,13-14H2,2-7H3,(H,32,38)(H,30,33,34). The van der Waals surface area contributed by atoms with Crippen LogP contribution in [0.5, 0.6) is 5.75 Å². The molecule has 0 radical (unpaired) electrons. The monoisotopic (exact) mass is 528 g/mol. The Bertz CT molecular complexity index is 1480. The van der Waals surface area contributed by atoms with Crippen molar-refractivity contribution in [3.63, 3.8) is 0 Å². The molecule has 1 amide bonds. The summed E-state index contributed by atoms with van der Waals surface area (Å²) in [5.41, 5.74) is 4.58. The molecular formula is C29H36N8O2. The van der Waals surface area contributed by atoms with Crippen LogP contribution in [-0.2, 0) is 11.8 Å². The lowest BCUT2D eigenvalue weighted by atomic mass is 10.1. The number of likely N-dealkylation sites (N-methyl/N-ethyl adjacent to an activating group) is 2. The third kappa shape index (κ3) is 6.35. The summed E-state index contributed by atoms with van der Waals surface area (Å²) in [5.74, 6) is 0.675. The maximum atomic E-state index is 12.3. The number of methoxy groups -OCH3 is 1. The van der Waals surface area contributed by atoms with E-state index in [-0.39, 0.29) is 5.91 Å². The van der Waals surface area contributed by atoms with Gasteiger partial charge in [0, 0.05) is 68.8 Å². The number of nitrogens with zero attached hydrogens (tertiary/aromatic N) is 6. The Hall–Kier alpha value is -4.44. The quantitative estimate of drug-likeness (QED) is 0.271. The molecule has 4 aromatic rings. The van der Waals surface area contributed by atoms with Crippen LogP contribution in [0.1, 0.15) is 13.8 Å². The number of nitrogens with one attached hydrogen (secondary N) is 2. The van der Waals surface area contributed by atoms with E-state index in [1.165, 1.54) is 6.08 Å². The Morgan fingerprint density at radius 1 is 1.15 bits per heavy atom. The lowest BCUT2D eigenvalue weighted by molar-refractivity contribution is -0.111. The lowest BCUT2D eigenvalue weighted by Gasteiger charge is -2.28. The summed E-state index contributed by atoms with van der Waals surface area (Å²) < 4.78 is 7.70. The SMILES string of the molecule is C=CC(=O)Nc1cc(Nc2nccc(-c3cnc4c(ccn4C)c3)n2)c(OC)cc1N(C)CCN(C)C(C)C. The minimum Gasteiger partial charge on any atom is -0.494 e. The second-order valence-corrected chi connectivity index (χ2v) is 9.71. The Balaban J connectivity index is 1.65. The molecule has 0 saturated carbocycles. The van der Waals surface area contributed by atoms with Gasteiger partial charge in [-0.15, -0.1) is 0 Å². The molecule has 0 saturated heterocycles. The summed E-state index contributed by atoms with van der Waals surface area (Å²) in [6.45, 7) is 9.53. The van der Waals surface area contributed by atoms with Gasteiger partial charge in [-0.05, 0) is 51.2 Å². The van der Waals surface area contributed by atoms with E-state index in [1.54, 1.807) is 19.5 Å². The summed E-state index contributed by atoms with van der Waals surface area (Å²) in [7, 11) is 7.66. The van der Waals surface area contributed by atoms with Crippen LogP contribution in [0.2, 0.25) is 0 Å². The van der Waals surface area contributed by atoms with Crippen LogP contribution in [0.3, 0.4) is 0 Å². The van der Waals surface area contributed by atoms with E-state index < -0.39 is 0 Å². The molecule has 0 aliphatic heterocycles. The fourth-order valence-electron chi connectivity index (χ4n) is 4.12. The van der Waals surface area contributed by atoms with Gasteiger partial charge in [0.2, 0.25) is 11.9 Å². The van der Waals surface area contributed by atoms with Crippen LogP contribution < -0.4 is 20.3 Å². The number of hydrogen-bond donors (Lipinski definition) is 2. The molecule has 10 heteroatoms. The Labute approximate surface area is 229 Å². The molecule has 0 unspecified atom stereocenters. The molecule has 3 heterocycles. The second-order valence-electron chi connectivity index (χ2n) is 9.71. The first kappa shape index (κ1) is 27.6. The molecule has 0 spiro atoms. The van der Waals surface area contributed by atoms with Crippen molar-refractivity contribution in [3.8, 4) is 17.0 Å². The maximum Gasteiger partial charge on any atom is 0.247 e. The number of aromatic nitrogens is 4. The van der Waals surface area contributed by atoms with Crippen LogP contribution in [0.4, 0.5) is 23.0 Å². The fourth-order valence-corrected chi connectivity index (χ4v) is 4.12. The van der Waals surface area contributed by atoms with Crippen LogP contribution in [-0.4, -0.2) is 70.7 Å². The Morgan fingerprint density at radius 2 is 1.95 bits per heavy atom. The minimum absolute atomic E-state index is 0.304. The molecule has 0 bridgehead atoms. The highest BCUT2D eigenvalue weighted by atomic mass is 16.5.